The average Bonchev–Trinajstić information content (AvgIpc) is 2.39. The standard InChI is InChI=1S/C13H13F2NO4/c1-3-7-20-13(19)16(2)11(12(17)18)10-8(14)5-4-6-9(10)15/h3-6,11H,1,7H2,2H3,(H,17,18). The van der Waals surface area contributed by atoms with Gasteiger partial charge in [0.05, 0.1) is 5.56 Å². The highest BCUT2D eigenvalue weighted by molar-refractivity contribution is 5.81. The molecule has 0 aliphatic carbocycles. The second-order valence-corrected chi connectivity index (χ2v) is 3.85. The Bertz CT molecular complexity index is 513. The van der Waals surface area contributed by atoms with Crippen molar-refractivity contribution < 1.29 is 28.2 Å². The van der Waals surface area contributed by atoms with E-state index in [9.17, 15) is 18.4 Å². The van der Waals surface area contributed by atoms with Crippen LogP contribution in [0.5, 0.6) is 0 Å². The predicted octanol–water partition coefficient (Wildman–Crippen LogP) is 2.34. The minimum Gasteiger partial charge on any atom is -0.479 e. The van der Waals surface area contributed by atoms with Gasteiger partial charge in [0.25, 0.3) is 0 Å². The summed E-state index contributed by atoms with van der Waals surface area (Å²) in [5.41, 5.74) is -0.724. The molecule has 0 aromatic heterocycles. The molecule has 7 heteroatoms. The zero-order chi connectivity index (χ0) is 15.3. The zero-order valence-corrected chi connectivity index (χ0v) is 10.7. The van der Waals surface area contributed by atoms with Crippen LogP contribution in [-0.2, 0) is 9.53 Å². The van der Waals surface area contributed by atoms with Crippen LogP contribution in [0.1, 0.15) is 11.6 Å². The maximum atomic E-state index is 13.6. The molecule has 1 amide bonds. The number of carboxylic acids is 1. The fourth-order valence-electron chi connectivity index (χ4n) is 1.59. The lowest BCUT2D eigenvalue weighted by atomic mass is 10.0. The van der Waals surface area contributed by atoms with E-state index < -0.39 is 35.3 Å². The van der Waals surface area contributed by atoms with Crippen LogP contribution in [0.15, 0.2) is 30.9 Å². The van der Waals surface area contributed by atoms with E-state index in [1.54, 1.807) is 0 Å². The van der Waals surface area contributed by atoms with Crippen molar-refractivity contribution in [1.29, 1.82) is 0 Å². The number of likely N-dealkylation sites (N-methyl/N-ethyl adjacent to an activating group) is 1. The highest BCUT2D eigenvalue weighted by atomic mass is 19.1. The lowest BCUT2D eigenvalue weighted by Gasteiger charge is -2.24. The molecule has 0 heterocycles. The lowest BCUT2D eigenvalue weighted by molar-refractivity contribution is -0.142. The van der Waals surface area contributed by atoms with Gasteiger partial charge in [-0.3, -0.25) is 4.90 Å². The monoisotopic (exact) mass is 285 g/mol. The summed E-state index contributed by atoms with van der Waals surface area (Å²) in [6.07, 6.45) is 0.255. The summed E-state index contributed by atoms with van der Waals surface area (Å²) in [5, 5.41) is 9.12. The molecule has 0 fully saturated rings. The first-order chi connectivity index (χ1) is 9.40. The summed E-state index contributed by atoms with van der Waals surface area (Å²) in [6, 6.07) is 1.10. The van der Waals surface area contributed by atoms with E-state index in [1.807, 2.05) is 0 Å². The average molecular weight is 285 g/mol. The molecule has 0 saturated carbocycles. The van der Waals surface area contributed by atoms with E-state index >= 15 is 0 Å². The predicted molar refractivity (Wildman–Crippen MR) is 66.0 cm³/mol. The number of hydrogen-bond acceptors (Lipinski definition) is 3. The van der Waals surface area contributed by atoms with Crippen LogP contribution in [0.3, 0.4) is 0 Å². The van der Waals surface area contributed by atoms with Gasteiger partial charge in [-0.25, -0.2) is 18.4 Å². The summed E-state index contributed by atoms with van der Waals surface area (Å²) in [4.78, 5) is 23.4. The first-order valence-electron chi connectivity index (χ1n) is 5.57. The third kappa shape index (κ3) is 3.31. The molecule has 1 rings (SSSR count). The summed E-state index contributed by atoms with van der Waals surface area (Å²) >= 11 is 0. The van der Waals surface area contributed by atoms with Gasteiger partial charge >= 0.3 is 12.1 Å². The SMILES string of the molecule is C=CCOC(=O)N(C)C(C(=O)O)c1c(F)cccc1F. The first-order valence-corrected chi connectivity index (χ1v) is 5.57. The summed E-state index contributed by atoms with van der Waals surface area (Å²) in [6.45, 7) is 3.18. The molecule has 0 radical (unpaired) electrons. The van der Waals surface area contributed by atoms with Crippen LogP contribution in [0.2, 0.25) is 0 Å². The van der Waals surface area contributed by atoms with Crippen molar-refractivity contribution in [1.82, 2.24) is 4.90 Å². The highest BCUT2D eigenvalue weighted by Gasteiger charge is 2.33. The van der Waals surface area contributed by atoms with Gasteiger partial charge in [-0.2, -0.15) is 0 Å². The number of carbonyl (C=O) groups is 2. The largest absolute Gasteiger partial charge is 0.479 e. The number of aliphatic carboxylic acids is 1. The van der Waals surface area contributed by atoms with Crippen molar-refractivity contribution >= 4 is 12.1 Å². The Kier molecular flexibility index (Phi) is 5.19. The minimum absolute atomic E-state index is 0.144. The van der Waals surface area contributed by atoms with Crippen molar-refractivity contribution in [2.45, 2.75) is 6.04 Å². The molecule has 1 unspecified atom stereocenters. The Labute approximate surface area is 114 Å². The number of halogens is 2. The first kappa shape index (κ1) is 15.6. The molecule has 1 N–H and O–H groups in total. The summed E-state index contributed by atoms with van der Waals surface area (Å²) in [7, 11) is 1.08. The molecular formula is C13H13F2NO4. The van der Waals surface area contributed by atoms with Gasteiger partial charge in [0.1, 0.15) is 18.2 Å². The Hall–Kier alpha value is -2.44. The quantitative estimate of drug-likeness (QED) is 0.843. The molecule has 0 saturated heterocycles. The van der Waals surface area contributed by atoms with Crippen molar-refractivity contribution in [3.63, 3.8) is 0 Å². The summed E-state index contributed by atoms with van der Waals surface area (Å²) in [5.74, 6) is -3.69. The number of hydrogen-bond donors (Lipinski definition) is 1. The molecule has 1 atom stereocenters. The van der Waals surface area contributed by atoms with Gasteiger partial charge in [0.2, 0.25) is 0 Å². The van der Waals surface area contributed by atoms with Gasteiger partial charge in [-0.15, -0.1) is 0 Å². The van der Waals surface area contributed by atoms with Crippen LogP contribution in [-0.4, -0.2) is 35.7 Å². The van der Waals surface area contributed by atoms with E-state index in [4.69, 9.17) is 5.11 Å². The van der Waals surface area contributed by atoms with Crippen molar-refractivity contribution in [2.75, 3.05) is 13.7 Å². The van der Waals surface area contributed by atoms with E-state index in [2.05, 4.69) is 11.3 Å². The van der Waals surface area contributed by atoms with E-state index in [0.29, 0.717) is 4.90 Å². The van der Waals surface area contributed by atoms with Gasteiger partial charge in [0.15, 0.2) is 6.04 Å². The maximum Gasteiger partial charge on any atom is 0.410 e. The van der Waals surface area contributed by atoms with Crippen LogP contribution in [0.25, 0.3) is 0 Å². The number of benzene rings is 1. The molecular weight excluding hydrogens is 272 g/mol. The van der Waals surface area contributed by atoms with E-state index in [-0.39, 0.29) is 6.61 Å². The molecule has 0 spiro atoms. The van der Waals surface area contributed by atoms with Crippen molar-refractivity contribution in [3.05, 3.63) is 48.1 Å². The van der Waals surface area contributed by atoms with E-state index in [0.717, 1.165) is 25.2 Å². The molecule has 0 aliphatic rings. The third-order valence-electron chi connectivity index (χ3n) is 2.51. The normalized spacial score (nSPS) is 11.6. The Morgan fingerprint density at radius 1 is 1.45 bits per heavy atom. The smallest absolute Gasteiger partial charge is 0.410 e. The van der Waals surface area contributed by atoms with Crippen molar-refractivity contribution in [3.8, 4) is 0 Å². The van der Waals surface area contributed by atoms with Crippen LogP contribution < -0.4 is 0 Å². The fourth-order valence-corrected chi connectivity index (χ4v) is 1.59. The van der Waals surface area contributed by atoms with Crippen LogP contribution in [0, 0.1) is 11.6 Å². The number of amides is 1. The topological polar surface area (TPSA) is 66.8 Å². The van der Waals surface area contributed by atoms with Crippen molar-refractivity contribution in [2.24, 2.45) is 0 Å². The Balaban J connectivity index is 3.15. The highest BCUT2D eigenvalue weighted by Crippen LogP contribution is 2.26. The van der Waals surface area contributed by atoms with Crippen LogP contribution >= 0.6 is 0 Å². The Morgan fingerprint density at radius 3 is 2.45 bits per heavy atom. The van der Waals surface area contributed by atoms with Gasteiger partial charge in [-0.05, 0) is 12.1 Å². The molecule has 0 bridgehead atoms. The molecule has 1 aromatic carbocycles. The molecule has 20 heavy (non-hydrogen) atoms. The molecule has 108 valence electrons. The number of ether oxygens (including phenoxy) is 1. The third-order valence-corrected chi connectivity index (χ3v) is 2.51. The molecule has 0 aliphatic heterocycles. The lowest BCUT2D eigenvalue weighted by Crippen LogP contribution is -2.37. The second kappa shape index (κ2) is 6.65. The second-order valence-electron chi connectivity index (χ2n) is 3.85. The van der Waals surface area contributed by atoms with Gasteiger partial charge < -0.3 is 9.84 Å². The van der Waals surface area contributed by atoms with Gasteiger partial charge in [-0.1, -0.05) is 18.7 Å². The number of carboxylic acid groups (broad SMARTS) is 1. The fraction of sp³-hybridized carbons (Fsp3) is 0.231. The number of rotatable bonds is 5. The zero-order valence-electron chi connectivity index (χ0n) is 10.7. The minimum atomic E-state index is -1.83. The molecule has 1 aromatic rings. The van der Waals surface area contributed by atoms with Gasteiger partial charge in [0, 0.05) is 7.05 Å². The summed E-state index contributed by atoms with van der Waals surface area (Å²) < 4.78 is 31.9. The molecule has 5 nitrogen and oxygen atoms in total. The number of carbonyl (C=O) groups excluding carboxylic acids is 1. The maximum absolute atomic E-state index is 13.6. The number of nitrogens with zero attached hydrogens (tertiary/aromatic N) is 1. The van der Waals surface area contributed by atoms with E-state index in [1.165, 1.54) is 6.08 Å². The Morgan fingerprint density at radius 2 is 2.00 bits per heavy atom. The van der Waals surface area contributed by atoms with Crippen LogP contribution in [0.4, 0.5) is 13.6 Å².